The lowest BCUT2D eigenvalue weighted by molar-refractivity contribution is 0.358. The van der Waals surface area contributed by atoms with Crippen molar-refractivity contribution in [3.05, 3.63) is 54.1 Å². The molecule has 0 aliphatic carbocycles. The number of hydrogen-bond donors (Lipinski definition) is 2. The normalized spacial score (nSPS) is 13.4. The number of hydrogen-bond acceptors (Lipinski definition) is 4. The second-order valence-electron chi connectivity index (χ2n) is 5.77. The van der Waals surface area contributed by atoms with Crippen molar-refractivity contribution in [2.75, 3.05) is 13.7 Å². The highest BCUT2D eigenvalue weighted by molar-refractivity contribution is 5.79. The van der Waals surface area contributed by atoms with Crippen LogP contribution >= 0.6 is 0 Å². The Kier molecular flexibility index (Phi) is 5.66. The van der Waals surface area contributed by atoms with Crippen LogP contribution in [0.25, 0.3) is 0 Å². The molecule has 1 aliphatic rings. The fraction of sp³-hybridized carbons (Fsp3) is 0.389. The average Bonchev–Trinajstić information content (AvgIpc) is 3.25. The van der Waals surface area contributed by atoms with Crippen molar-refractivity contribution in [3.63, 3.8) is 0 Å². The summed E-state index contributed by atoms with van der Waals surface area (Å²) in [6, 6.07) is 7.94. The van der Waals surface area contributed by atoms with Crippen molar-refractivity contribution in [3.8, 4) is 5.75 Å². The summed E-state index contributed by atoms with van der Waals surface area (Å²) in [4.78, 5) is 4.27. The Bertz CT molecular complexity index is 752. The van der Waals surface area contributed by atoms with E-state index in [0.29, 0.717) is 25.7 Å². The Labute approximate surface area is 147 Å². The van der Waals surface area contributed by atoms with E-state index in [1.807, 2.05) is 24.3 Å². The van der Waals surface area contributed by atoms with Gasteiger partial charge < -0.3 is 19.9 Å². The van der Waals surface area contributed by atoms with Gasteiger partial charge >= 0.3 is 0 Å². The molecule has 1 aromatic heterocycles. The fourth-order valence-corrected chi connectivity index (χ4v) is 2.84. The molecule has 3 rings (SSSR count). The monoisotopic (exact) mass is 340 g/mol. The predicted molar refractivity (Wildman–Crippen MR) is 97.5 cm³/mol. The number of nitrogens with zero attached hydrogens (tertiary/aromatic N) is 4. The highest BCUT2D eigenvalue weighted by atomic mass is 16.5. The van der Waals surface area contributed by atoms with Crippen LogP contribution in [0.5, 0.6) is 5.75 Å². The van der Waals surface area contributed by atoms with Gasteiger partial charge in [-0.25, -0.2) is 0 Å². The summed E-state index contributed by atoms with van der Waals surface area (Å²) in [5.41, 5.74) is 1.07. The number of para-hydroxylation sites is 1. The molecular weight excluding hydrogens is 316 g/mol. The number of guanidine groups is 1. The van der Waals surface area contributed by atoms with E-state index in [1.54, 1.807) is 13.1 Å². The maximum absolute atomic E-state index is 5.68. The number of nitrogens with one attached hydrogen (secondary N) is 2. The van der Waals surface area contributed by atoms with Crippen LogP contribution in [0.1, 0.15) is 23.6 Å². The standard InChI is InChI=1S/C18H24N6O/c1-3-11-25-15-8-5-4-7-14(15)12-20-18(19-2)21-13-17-23-22-16-9-6-10-24(16)17/h3-5,7-8H,1,6,9-13H2,2H3,(H2,19,20,21). The topological polar surface area (TPSA) is 76.4 Å². The quantitative estimate of drug-likeness (QED) is 0.455. The molecule has 2 aromatic rings. The molecule has 0 saturated heterocycles. The van der Waals surface area contributed by atoms with E-state index in [-0.39, 0.29) is 0 Å². The average molecular weight is 340 g/mol. The molecule has 7 nitrogen and oxygen atoms in total. The van der Waals surface area contributed by atoms with Crippen LogP contribution in [0.15, 0.2) is 41.9 Å². The van der Waals surface area contributed by atoms with Gasteiger partial charge in [0, 0.05) is 32.1 Å². The Morgan fingerprint density at radius 3 is 3.00 bits per heavy atom. The number of ether oxygens (including phenoxy) is 1. The molecule has 0 atom stereocenters. The molecular formula is C18H24N6O. The molecule has 0 bridgehead atoms. The van der Waals surface area contributed by atoms with Crippen LogP contribution in [-0.2, 0) is 26.1 Å². The molecule has 0 fully saturated rings. The summed E-state index contributed by atoms with van der Waals surface area (Å²) in [6.07, 6.45) is 3.90. The minimum absolute atomic E-state index is 0.488. The Morgan fingerprint density at radius 1 is 1.32 bits per heavy atom. The summed E-state index contributed by atoms with van der Waals surface area (Å²) in [6.45, 7) is 6.39. The summed E-state index contributed by atoms with van der Waals surface area (Å²) < 4.78 is 7.86. The molecule has 2 heterocycles. The fourth-order valence-electron chi connectivity index (χ4n) is 2.84. The van der Waals surface area contributed by atoms with Gasteiger partial charge in [-0.1, -0.05) is 30.9 Å². The van der Waals surface area contributed by atoms with Crippen LogP contribution in [0.2, 0.25) is 0 Å². The molecule has 132 valence electrons. The Morgan fingerprint density at radius 2 is 2.16 bits per heavy atom. The smallest absolute Gasteiger partial charge is 0.191 e. The van der Waals surface area contributed by atoms with Crippen LogP contribution in [0, 0.1) is 0 Å². The predicted octanol–water partition coefficient (Wildman–Crippen LogP) is 1.65. The summed E-state index contributed by atoms with van der Waals surface area (Å²) >= 11 is 0. The summed E-state index contributed by atoms with van der Waals surface area (Å²) in [5.74, 6) is 3.59. The van der Waals surface area contributed by atoms with Gasteiger partial charge in [0.25, 0.3) is 0 Å². The number of benzene rings is 1. The molecule has 0 saturated carbocycles. The van der Waals surface area contributed by atoms with E-state index >= 15 is 0 Å². The van der Waals surface area contributed by atoms with Crippen molar-refractivity contribution in [1.82, 2.24) is 25.4 Å². The molecule has 1 aliphatic heterocycles. The third-order valence-corrected chi connectivity index (χ3v) is 4.10. The number of aliphatic imine (C=N–C) groups is 1. The van der Waals surface area contributed by atoms with E-state index in [0.717, 1.165) is 42.3 Å². The highest BCUT2D eigenvalue weighted by Crippen LogP contribution is 2.17. The first-order valence-corrected chi connectivity index (χ1v) is 8.49. The number of fused-ring (bicyclic) bond motifs is 1. The number of rotatable bonds is 7. The van der Waals surface area contributed by atoms with E-state index < -0.39 is 0 Å². The van der Waals surface area contributed by atoms with E-state index in [9.17, 15) is 0 Å². The molecule has 7 heteroatoms. The van der Waals surface area contributed by atoms with Gasteiger partial charge in [0.15, 0.2) is 11.8 Å². The Hall–Kier alpha value is -2.83. The van der Waals surface area contributed by atoms with Crippen LogP contribution in [0.4, 0.5) is 0 Å². The van der Waals surface area contributed by atoms with Gasteiger partial charge in [0.2, 0.25) is 0 Å². The zero-order valence-electron chi connectivity index (χ0n) is 14.5. The minimum Gasteiger partial charge on any atom is -0.489 e. The minimum atomic E-state index is 0.488. The second kappa shape index (κ2) is 8.32. The maximum atomic E-state index is 5.68. The van der Waals surface area contributed by atoms with Gasteiger partial charge in [-0.3, -0.25) is 4.99 Å². The van der Waals surface area contributed by atoms with Crippen molar-refractivity contribution in [2.24, 2.45) is 4.99 Å². The van der Waals surface area contributed by atoms with Gasteiger partial charge in [-0.05, 0) is 12.5 Å². The van der Waals surface area contributed by atoms with E-state index in [1.165, 1.54) is 0 Å². The zero-order chi connectivity index (χ0) is 17.5. The SMILES string of the molecule is C=CCOc1ccccc1CNC(=NC)NCc1nnc2n1CCC2. The maximum Gasteiger partial charge on any atom is 0.191 e. The van der Waals surface area contributed by atoms with Crippen LogP contribution < -0.4 is 15.4 Å². The molecule has 0 unspecified atom stereocenters. The number of aromatic nitrogens is 3. The van der Waals surface area contributed by atoms with Gasteiger partial charge in [0.1, 0.15) is 18.2 Å². The number of aryl methyl sites for hydroxylation is 1. The zero-order valence-corrected chi connectivity index (χ0v) is 14.5. The third kappa shape index (κ3) is 4.17. The van der Waals surface area contributed by atoms with Crippen LogP contribution in [0.3, 0.4) is 0 Å². The molecule has 0 radical (unpaired) electrons. The van der Waals surface area contributed by atoms with E-state index in [2.05, 4.69) is 37.0 Å². The third-order valence-electron chi connectivity index (χ3n) is 4.10. The largest absolute Gasteiger partial charge is 0.489 e. The molecule has 2 N–H and O–H groups in total. The van der Waals surface area contributed by atoms with Gasteiger partial charge in [-0.15, -0.1) is 10.2 Å². The van der Waals surface area contributed by atoms with Crippen molar-refractivity contribution in [1.29, 1.82) is 0 Å². The van der Waals surface area contributed by atoms with Crippen molar-refractivity contribution in [2.45, 2.75) is 32.5 Å². The molecule has 0 amide bonds. The van der Waals surface area contributed by atoms with Crippen molar-refractivity contribution < 1.29 is 4.74 Å². The Balaban J connectivity index is 1.55. The van der Waals surface area contributed by atoms with Crippen LogP contribution in [-0.4, -0.2) is 34.4 Å². The first-order chi connectivity index (χ1) is 12.3. The first kappa shape index (κ1) is 17.0. The second-order valence-corrected chi connectivity index (χ2v) is 5.77. The highest BCUT2D eigenvalue weighted by Gasteiger charge is 2.17. The lowest BCUT2D eigenvalue weighted by atomic mass is 10.2. The van der Waals surface area contributed by atoms with Crippen molar-refractivity contribution >= 4 is 5.96 Å². The van der Waals surface area contributed by atoms with Gasteiger partial charge in [0.05, 0.1) is 6.54 Å². The summed E-state index contributed by atoms with van der Waals surface area (Å²) in [5, 5.41) is 15.1. The lowest BCUT2D eigenvalue weighted by Crippen LogP contribution is -2.37. The molecule has 1 aromatic carbocycles. The van der Waals surface area contributed by atoms with Gasteiger partial charge in [-0.2, -0.15) is 0 Å². The lowest BCUT2D eigenvalue weighted by Gasteiger charge is -2.14. The van der Waals surface area contributed by atoms with E-state index in [4.69, 9.17) is 4.74 Å². The first-order valence-electron chi connectivity index (χ1n) is 8.49. The summed E-state index contributed by atoms with van der Waals surface area (Å²) in [7, 11) is 1.75. The molecule has 0 spiro atoms. The molecule has 25 heavy (non-hydrogen) atoms.